The minimum Gasteiger partial charge on any atom is -0.341 e. The van der Waals surface area contributed by atoms with Crippen molar-refractivity contribution >= 4 is 17.6 Å². The molecule has 0 heterocycles. The molecule has 0 aromatic heterocycles. The number of urea groups is 1. The molecule has 2 N–H and O–H groups in total. The van der Waals surface area contributed by atoms with Crippen molar-refractivity contribution in [3.8, 4) is 0 Å². The number of benzene rings is 1. The minimum atomic E-state index is -0.601. The quantitative estimate of drug-likeness (QED) is 0.634. The summed E-state index contributed by atoms with van der Waals surface area (Å²) in [4.78, 5) is 33.9. The van der Waals surface area contributed by atoms with E-state index in [-0.39, 0.29) is 62.8 Å². The Labute approximate surface area is 176 Å². The van der Waals surface area contributed by atoms with E-state index >= 15 is 0 Å². The molecule has 1 radical (unpaired) electrons. The molecule has 0 fully saturated rings. The van der Waals surface area contributed by atoms with Crippen molar-refractivity contribution in [1.29, 1.82) is 0 Å². The van der Waals surface area contributed by atoms with Crippen LogP contribution >= 0.6 is 0 Å². The van der Waals surface area contributed by atoms with Crippen LogP contribution < -0.4 is 10.6 Å². The molecule has 5 nitrogen and oxygen atoms in total. The van der Waals surface area contributed by atoms with E-state index in [9.17, 15) is 14.4 Å². The maximum Gasteiger partial charge on any atom is 0.315 e. The molecule has 1 aromatic rings. The van der Waals surface area contributed by atoms with E-state index in [4.69, 9.17) is 0 Å². The van der Waals surface area contributed by atoms with Gasteiger partial charge in [-0.2, -0.15) is 42.8 Å². The van der Waals surface area contributed by atoms with Crippen LogP contribution in [0.2, 0.25) is 0 Å². The summed E-state index contributed by atoms with van der Waals surface area (Å²) in [6, 6.07) is 11.5. The Kier molecular flexibility index (Phi) is 17.2. The molecule has 25 heavy (non-hydrogen) atoms. The summed E-state index contributed by atoms with van der Waals surface area (Å²) in [5.41, 5.74) is 0. The first-order valence-corrected chi connectivity index (χ1v) is 8.17. The summed E-state index contributed by atoms with van der Waals surface area (Å²) in [5, 5.41) is 5.33. The van der Waals surface area contributed by atoms with E-state index in [0.717, 1.165) is 6.42 Å². The van der Waals surface area contributed by atoms with E-state index in [1.165, 1.54) is 13.8 Å². The van der Waals surface area contributed by atoms with E-state index in [1.807, 2.05) is 37.3 Å². The Morgan fingerprint density at radius 2 is 1.68 bits per heavy atom. The Bertz CT molecular complexity index is 464. The largest absolute Gasteiger partial charge is 0.341 e. The summed E-state index contributed by atoms with van der Waals surface area (Å²) in [7, 11) is 0. The Morgan fingerprint density at radius 3 is 2.00 bits per heavy atom. The molecule has 1 rings (SSSR count). The summed E-state index contributed by atoms with van der Waals surface area (Å²) in [5.74, 6) is -0.137. The fourth-order valence-electron chi connectivity index (χ4n) is 1.83. The Morgan fingerprint density at radius 1 is 1.08 bits per heavy atom. The molecule has 137 valence electrons. The molecular formula is C19H28N2O3Y-2. The maximum absolute atomic E-state index is 11.6. The molecule has 0 aliphatic rings. The van der Waals surface area contributed by atoms with Gasteiger partial charge in [-0.15, -0.1) is 0 Å². The van der Waals surface area contributed by atoms with Gasteiger partial charge < -0.3 is 22.4 Å². The van der Waals surface area contributed by atoms with E-state index in [0.29, 0.717) is 12.8 Å². The van der Waals surface area contributed by atoms with Crippen molar-refractivity contribution in [3.63, 3.8) is 0 Å². The van der Waals surface area contributed by atoms with Crippen LogP contribution in [0, 0.1) is 13.0 Å². The monoisotopic (exact) mass is 421 g/mol. The van der Waals surface area contributed by atoms with Gasteiger partial charge in [-0.1, -0.05) is 6.92 Å². The first-order chi connectivity index (χ1) is 11.4. The molecule has 2 amide bonds. The van der Waals surface area contributed by atoms with Crippen molar-refractivity contribution in [2.24, 2.45) is 0 Å². The van der Waals surface area contributed by atoms with Crippen LogP contribution in [0.4, 0.5) is 4.79 Å². The van der Waals surface area contributed by atoms with Gasteiger partial charge in [0.1, 0.15) is 5.78 Å². The number of hydrogen-bond acceptors (Lipinski definition) is 3. The smallest absolute Gasteiger partial charge is 0.315 e. The van der Waals surface area contributed by atoms with Crippen LogP contribution in [0.5, 0.6) is 0 Å². The van der Waals surface area contributed by atoms with Gasteiger partial charge in [-0.25, -0.2) is 4.79 Å². The molecule has 0 bridgehead atoms. The molecule has 0 saturated heterocycles. The molecular weight excluding hydrogens is 393 g/mol. The fourth-order valence-corrected chi connectivity index (χ4v) is 1.83. The van der Waals surface area contributed by atoms with Gasteiger partial charge in [0.05, 0.1) is 6.04 Å². The minimum absolute atomic E-state index is 0. The molecule has 1 aromatic carbocycles. The number of carbonyl (C=O) groups is 3. The number of hydrogen-bond donors (Lipinski definition) is 2. The average molecular weight is 421 g/mol. The zero-order chi connectivity index (χ0) is 18.4. The number of rotatable bonds is 8. The number of ketones is 2. The molecule has 0 spiro atoms. The topological polar surface area (TPSA) is 75.3 Å². The van der Waals surface area contributed by atoms with Crippen molar-refractivity contribution in [2.75, 3.05) is 0 Å². The van der Waals surface area contributed by atoms with Crippen molar-refractivity contribution in [2.45, 2.75) is 58.5 Å². The second-order valence-corrected chi connectivity index (χ2v) is 5.49. The van der Waals surface area contributed by atoms with Gasteiger partial charge in [-0.3, -0.25) is 4.79 Å². The van der Waals surface area contributed by atoms with Crippen LogP contribution in [0.3, 0.4) is 0 Å². The molecule has 2 unspecified atom stereocenters. The van der Waals surface area contributed by atoms with Crippen LogP contribution in [0.15, 0.2) is 30.3 Å². The summed E-state index contributed by atoms with van der Waals surface area (Å²) >= 11 is 0. The second kappa shape index (κ2) is 16.4. The standard InChI is InChI=1S/C13H23N2O3.C6H5.Y/c1-5-11(6-2)14-13(18)15-12(10(4)17)8-7-9(3)16;1-2-4-6-5-3-1;/h11-12H,1,5-8H2,2-4H3,(H2,14,15,18);1-5H;/q2*-1;. The third kappa shape index (κ3) is 14.9. The van der Waals surface area contributed by atoms with Crippen molar-refractivity contribution in [1.82, 2.24) is 10.6 Å². The number of Topliss-reactive ketones (excluding diaryl/α,β-unsaturated/α-hetero) is 2. The molecule has 0 aliphatic carbocycles. The molecule has 2 atom stereocenters. The number of nitrogens with one attached hydrogen (secondary N) is 2. The predicted octanol–water partition coefficient (Wildman–Crippen LogP) is 3.10. The van der Waals surface area contributed by atoms with Crippen molar-refractivity contribution < 1.29 is 47.1 Å². The second-order valence-electron chi connectivity index (χ2n) is 5.49. The van der Waals surface area contributed by atoms with Gasteiger partial charge in [0.15, 0.2) is 5.78 Å². The number of amides is 2. The third-order valence-corrected chi connectivity index (χ3v) is 3.36. The van der Waals surface area contributed by atoms with Crippen LogP contribution in [0.1, 0.15) is 46.5 Å². The Hall–Kier alpha value is -1.07. The SMILES string of the molecule is [CH2-]CC(CC)NC(=O)NC(CCC(C)=O)C(C)=O.[Y].[c-]1ccccc1. The zero-order valence-electron chi connectivity index (χ0n) is 15.4. The summed E-state index contributed by atoms with van der Waals surface area (Å²) in [6.07, 6.45) is 2.02. The van der Waals surface area contributed by atoms with Gasteiger partial charge in [0, 0.05) is 45.2 Å². The third-order valence-electron chi connectivity index (χ3n) is 3.36. The predicted molar refractivity (Wildman–Crippen MR) is 95.4 cm³/mol. The van der Waals surface area contributed by atoms with E-state index in [1.54, 1.807) is 0 Å². The zero-order valence-corrected chi connectivity index (χ0v) is 18.2. The number of carbonyl (C=O) groups excluding carboxylic acids is 3. The van der Waals surface area contributed by atoms with Crippen LogP contribution in [0.25, 0.3) is 0 Å². The van der Waals surface area contributed by atoms with Gasteiger partial charge >= 0.3 is 6.03 Å². The fraction of sp³-hybridized carbons (Fsp3) is 0.474. The first-order valence-electron chi connectivity index (χ1n) is 8.17. The van der Waals surface area contributed by atoms with Crippen LogP contribution in [-0.4, -0.2) is 29.7 Å². The Balaban J connectivity index is 0. The van der Waals surface area contributed by atoms with Gasteiger partial charge in [0.25, 0.3) is 0 Å². The van der Waals surface area contributed by atoms with E-state index < -0.39 is 6.04 Å². The average Bonchev–Trinajstić information content (AvgIpc) is 2.58. The summed E-state index contributed by atoms with van der Waals surface area (Å²) in [6.45, 7) is 8.55. The van der Waals surface area contributed by atoms with Crippen LogP contribution in [-0.2, 0) is 42.3 Å². The van der Waals surface area contributed by atoms with E-state index in [2.05, 4.69) is 23.6 Å². The summed E-state index contributed by atoms with van der Waals surface area (Å²) < 4.78 is 0. The maximum atomic E-state index is 11.6. The molecule has 6 heteroatoms. The normalized spacial score (nSPS) is 11.7. The molecule has 0 aliphatic heterocycles. The van der Waals surface area contributed by atoms with Gasteiger partial charge in [-0.05, 0) is 26.7 Å². The molecule has 0 saturated carbocycles. The van der Waals surface area contributed by atoms with Gasteiger partial charge in [0.2, 0.25) is 0 Å². The van der Waals surface area contributed by atoms with Crippen molar-refractivity contribution in [3.05, 3.63) is 43.3 Å². The first kappa shape index (κ1) is 26.2.